The molecule has 5 nitrogen and oxygen atoms in total. The summed E-state index contributed by atoms with van der Waals surface area (Å²) < 4.78 is 18.5. The van der Waals surface area contributed by atoms with Crippen LogP contribution in [0.15, 0.2) is 60.9 Å². The van der Waals surface area contributed by atoms with Crippen molar-refractivity contribution in [3.05, 3.63) is 77.9 Å². The fourth-order valence-electron chi connectivity index (χ4n) is 2.35. The Morgan fingerprint density at radius 3 is 2.60 bits per heavy atom. The quantitative estimate of drug-likeness (QED) is 0.776. The van der Waals surface area contributed by atoms with Gasteiger partial charge in [0.2, 0.25) is 0 Å². The maximum absolute atomic E-state index is 13.3. The van der Waals surface area contributed by atoms with Crippen LogP contribution in [0.1, 0.15) is 15.9 Å². The lowest BCUT2D eigenvalue weighted by atomic mass is 10.2. The largest absolute Gasteiger partial charge is 0.496 e. The number of methoxy groups -OCH3 is 1. The van der Waals surface area contributed by atoms with Gasteiger partial charge in [0.1, 0.15) is 11.6 Å². The molecule has 2 aromatic carbocycles. The van der Waals surface area contributed by atoms with Gasteiger partial charge in [-0.25, -0.2) is 14.4 Å². The number of benzene rings is 2. The number of aromatic nitrogens is 2. The van der Waals surface area contributed by atoms with Gasteiger partial charge in [0.05, 0.1) is 12.7 Å². The first-order valence-corrected chi connectivity index (χ1v) is 7.65. The SMILES string of the molecule is COc1ccccc1CNC(=O)c1cnc(-c2cccc(F)c2)nc1. The summed E-state index contributed by atoms with van der Waals surface area (Å²) in [6.45, 7) is 0.328. The highest BCUT2D eigenvalue weighted by molar-refractivity contribution is 5.93. The van der Waals surface area contributed by atoms with Crippen molar-refractivity contribution in [1.82, 2.24) is 15.3 Å². The molecule has 126 valence electrons. The third-order valence-electron chi connectivity index (χ3n) is 3.63. The van der Waals surface area contributed by atoms with E-state index in [0.717, 1.165) is 5.56 Å². The van der Waals surface area contributed by atoms with Gasteiger partial charge in [0, 0.05) is 30.1 Å². The standard InChI is InChI=1S/C19H16FN3O2/c1-25-17-8-3-2-5-14(17)10-23-19(24)15-11-21-18(22-12-15)13-6-4-7-16(20)9-13/h2-9,11-12H,10H2,1H3,(H,23,24). The molecule has 1 amide bonds. The molecule has 3 aromatic rings. The van der Waals surface area contributed by atoms with Gasteiger partial charge in [-0.1, -0.05) is 30.3 Å². The summed E-state index contributed by atoms with van der Waals surface area (Å²) in [5, 5.41) is 2.80. The Morgan fingerprint density at radius 1 is 1.12 bits per heavy atom. The normalized spacial score (nSPS) is 10.3. The van der Waals surface area contributed by atoms with Crippen molar-refractivity contribution >= 4 is 5.91 Å². The fourth-order valence-corrected chi connectivity index (χ4v) is 2.35. The van der Waals surface area contributed by atoms with Crippen molar-refractivity contribution in [1.29, 1.82) is 0 Å². The summed E-state index contributed by atoms with van der Waals surface area (Å²) in [6.07, 6.45) is 2.84. The molecule has 0 aliphatic carbocycles. The average molecular weight is 337 g/mol. The van der Waals surface area contributed by atoms with Crippen molar-refractivity contribution in [3.8, 4) is 17.1 Å². The number of hydrogen-bond acceptors (Lipinski definition) is 4. The third-order valence-corrected chi connectivity index (χ3v) is 3.63. The molecule has 0 aliphatic rings. The van der Waals surface area contributed by atoms with E-state index in [0.29, 0.717) is 29.2 Å². The molecule has 0 bridgehead atoms. The van der Waals surface area contributed by atoms with Crippen LogP contribution in [-0.2, 0) is 6.54 Å². The van der Waals surface area contributed by atoms with E-state index in [1.807, 2.05) is 24.3 Å². The van der Waals surface area contributed by atoms with Gasteiger partial charge in [-0.3, -0.25) is 4.79 Å². The first-order valence-electron chi connectivity index (χ1n) is 7.65. The van der Waals surface area contributed by atoms with Gasteiger partial charge in [0.25, 0.3) is 5.91 Å². The second kappa shape index (κ2) is 7.53. The van der Waals surface area contributed by atoms with Crippen molar-refractivity contribution in [2.45, 2.75) is 6.54 Å². The molecular weight excluding hydrogens is 321 g/mol. The number of ether oxygens (including phenoxy) is 1. The number of carbonyl (C=O) groups excluding carboxylic acids is 1. The van der Waals surface area contributed by atoms with Crippen molar-refractivity contribution in [2.24, 2.45) is 0 Å². The van der Waals surface area contributed by atoms with Crippen LogP contribution in [0, 0.1) is 5.82 Å². The lowest BCUT2D eigenvalue weighted by molar-refractivity contribution is 0.0950. The number of hydrogen-bond donors (Lipinski definition) is 1. The third kappa shape index (κ3) is 3.98. The Bertz CT molecular complexity index is 882. The first-order chi connectivity index (χ1) is 12.2. The predicted molar refractivity (Wildman–Crippen MR) is 91.6 cm³/mol. The van der Waals surface area contributed by atoms with Gasteiger partial charge in [-0.05, 0) is 18.2 Å². The zero-order valence-electron chi connectivity index (χ0n) is 13.6. The second-order valence-corrected chi connectivity index (χ2v) is 5.30. The number of carbonyl (C=O) groups is 1. The predicted octanol–water partition coefficient (Wildman–Crippen LogP) is 3.22. The molecule has 0 saturated heterocycles. The highest BCUT2D eigenvalue weighted by atomic mass is 19.1. The number of nitrogens with one attached hydrogen (secondary N) is 1. The molecule has 1 heterocycles. The Labute approximate surface area is 144 Å². The molecule has 0 atom stereocenters. The van der Waals surface area contributed by atoms with Gasteiger partial charge in [0.15, 0.2) is 5.82 Å². The van der Waals surface area contributed by atoms with Crippen LogP contribution in [0.2, 0.25) is 0 Å². The van der Waals surface area contributed by atoms with Crippen molar-refractivity contribution in [3.63, 3.8) is 0 Å². The molecular formula is C19H16FN3O2. The molecule has 1 N–H and O–H groups in total. The molecule has 0 aliphatic heterocycles. The van der Waals surface area contributed by atoms with Gasteiger partial charge in [-0.2, -0.15) is 0 Å². The summed E-state index contributed by atoms with van der Waals surface area (Å²) in [6, 6.07) is 13.4. The zero-order chi connectivity index (χ0) is 17.6. The van der Waals surface area contributed by atoms with Gasteiger partial charge in [-0.15, -0.1) is 0 Å². The summed E-state index contributed by atoms with van der Waals surface area (Å²) in [5.41, 5.74) is 1.76. The molecule has 0 radical (unpaired) electrons. The van der Waals surface area contributed by atoms with E-state index in [9.17, 15) is 9.18 Å². The molecule has 0 fully saturated rings. The Hall–Kier alpha value is -3.28. The first kappa shape index (κ1) is 16.6. The Balaban J connectivity index is 1.69. The maximum Gasteiger partial charge on any atom is 0.254 e. The van der Waals surface area contributed by atoms with Crippen LogP contribution < -0.4 is 10.1 Å². The van der Waals surface area contributed by atoms with E-state index < -0.39 is 0 Å². The van der Waals surface area contributed by atoms with Crippen molar-refractivity contribution < 1.29 is 13.9 Å². The van der Waals surface area contributed by atoms with E-state index in [1.165, 1.54) is 24.5 Å². The van der Waals surface area contributed by atoms with E-state index in [4.69, 9.17) is 4.74 Å². The summed E-state index contributed by atoms with van der Waals surface area (Å²) >= 11 is 0. The van der Waals surface area contributed by atoms with E-state index in [1.54, 1.807) is 19.2 Å². The minimum atomic E-state index is -0.361. The van der Waals surface area contributed by atoms with Gasteiger partial charge >= 0.3 is 0 Å². The number of para-hydroxylation sites is 1. The second-order valence-electron chi connectivity index (χ2n) is 5.30. The fraction of sp³-hybridized carbons (Fsp3) is 0.105. The Morgan fingerprint density at radius 2 is 1.88 bits per heavy atom. The number of amides is 1. The Kier molecular flexibility index (Phi) is 4.99. The number of rotatable bonds is 5. The van der Waals surface area contributed by atoms with E-state index in [2.05, 4.69) is 15.3 Å². The van der Waals surface area contributed by atoms with Crippen LogP contribution in [0.25, 0.3) is 11.4 Å². The molecule has 0 spiro atoms. The van der Waals surface area contributed by atoms with Crippen LogP contribution in [0.3, 0.4) is 0 Å². The highest BCUT2D eigenvalue weighted by Crippen LogP contribution is 2.17. The number of halogens is 1. The van der Waals surface area contributed by atoms with Crippen LogP contribution >= 0.6 is 0 Å². The minimum absolute atomic E-state index is 0.295. The van der Waals surface area contributed by atoms with E-state index in [-0.39, 0.29) is 11.7 Å². The molecule has 6 heteroatoms. The molecule has 3 rings (SSSR count). The van der Waals surface area contributed by atoms with Crippen molar-refractivity contribution in [2.75, 3.05) is 7.11 Å². The zero-order valence-corrected chi connectivity index (χ0v) is 13.6. The topological polar surface area (TPSA) is 64.1 Å². The van der Waals surface area contributed by atoms with Crippen LogP contribution in [0.5, 0.6) is 5.75 Å². The lowest BCUT2D eigenvalue weighted by Crippen LogP contribution is -2.23. The average Bonchev–Trinajstić information content (AvgIpc) is 2.66. The smallest absolute Gasteiger partial charge is 0.254 e. The molecule has 0 saturated carbocycles. The monoisotopic (exact) mass is 337 g/mol. The molecule has 25 heavy (non-hydrogen) atoms. The van der Waals surface area contributed by atoms with Crippen LogP contribution in [0.4, 0.5) is 4.39 Å². The number of nitrogens with zero attached hydrogens (tertiary/aromatic N) is 2. The maximum atomic E-state index is 13.3. The van der Waals surface area contributed by atoms with Crippen LogP contribution in [-0.4, -0.2) is 23.0 Å². The summed E-state index contributed by atoms with van der Waals surface area (Å²) in [4.78, 5) is 20.5. The molecule has 1 aromatic heterocycles. The minimum Gasteiger partial charge on any atom is -0.496 e. The lowest BCUT2D eigenvalue weighted by Gasteiger charge is -2.09. The highest BCUT2D eigenvalue weighted by Gasteiger charge is 2.10. The van der Waals surface area contributed by atoms with E-state index >= 15 is 0 Å². The molecule has 0 unspecified atom stereocenters. The summed E-state index contributed by atoms with van der Waals surface area (Å²) in [7, 11) is 1.58. The van der Waals surface area contributed by atoms with Gasteiger partial charge < -0.3 is 10.1 Å². The summed E-state index contributed by atoms with van der Waals surface area (Å²) in [5.74, 6) is 0.415.